The molecule has 0 saturated carbocycles. The van der Waals surface area contributed by atoms with Crippen LogP contribution in [0.5, 0.6) is 0 Å². The van der Waals surface area contributed by atoms with Crippen molar-refractivity contribution in [2.24, 2.45) is 5.16 Å². The first kappa shape index (κ1) is 10.6. The van der Waals surface area contributed by atoms with Crippen molar-refractivity contribution >= 4 is 12.5 Å². The lowest BCUT2D eigenvalue weighted by molar-refractivity contribution is -0.104. The predicted molar refractivity (Wildman–Crippen MR) is 36.7 cm³/mol. The highest BCUT2D eigenvalue weighted by molar-refractivity contribution is 5.69. The van der Waals surface area contributed by atoms with Crippen LogP contribution in [0.15, 0.2) is 30.5 Å². The van der Waals surface area contributed by atoms with E-state index in [-0.39, 0.29) is 0 Å². The number of aldehydes is 1. The van der Waals surface area contributed by atoms with E-state index in [1.54, 1.807) is 0 Å². The molecule has 0 amide bonds. The monoisotopic (exact) mass is 127 g/mol. The molecule has 0 aromatic heterocycles. The van der Waals surface area contributed by atoms with Crippen LogP contribution in [0.3, 0.4) is 0 Å². The van der Waals surface area contributed by atoms with Gasteiger partial charge in [0.25, 0.3) is 0 Å². The van der Waals surface area contributed by atoms with Crippen LogP contribution in [0.2, 0.25) is 0 Å². The first-order valence-electron chi connectivity index (χ1n) is 2.18. The van der Waals surface area contributed by atoms with Gasteiger partial charge in [0.2, 0.25) is 0 Å². The lowest BCUT2D eigenvalue weighted by Crippen LogP contribution is -1.54. The topological polar surface area (TPSA) is 49.7 Å². The molecular formula is C6H9NO2. The van der Waals surface area contributed by atoms with Gasteiger partial charge in [0.15, 0.2) is 0 Å². The summed E-state index contributed by atoms with van der Waals surface area (Å²) in [7, 11) is 0. The lowest BCUT2D eigenvalue weighted by Gasteiger charge is -1.58. The second kappa shape index (κ2) is 16.0. The fraction of sp³-hybridized carbons (Fsp3) is 0. The average molecular weight is 127 g/mol. The highest BCUT2D eigenvalue weighted by Crippen LogP contribution is 1.48. The van der Waals surface area contributed by atoms with Crippen LogP contribution in [0.25, 0.3) is 0 Å². The SMILES string of the molecule is C=CC=NO.C=CC=O. The number of allylic oxidation sites excluding steroid dienone is 2. The molecule has 0 aliphatic rings. The Bertz CT molecular complexity index is 102. The van der Waals surface area contributed by atoms with Crippen molar-refractivity contribution in [3.05, 3.63) is 25.3 Å². The molecule has 0 radical (unpaired) electrons. The van der Waals surface area contributed by atoms with Crippen molar-refractivity contribution < 1.29 is 10.0 Å². The fourth-order valence-electron chi connectivity index (χ4n) is 0.0471. The number of carbonyl (C=O) groups is 1. The van der Waals surface area contributed by atoms with E-state index in [2.05, 4.69) is 18.3 Å². The van der Waals surface area contributed by atoms with E-state index in [4.69, 9.17) is 10.0 Å². The quantitative estimate of drug-likeness (QED) is 0.198. The first-order chi connectivity index (χ1) is 4.33. The molecule has 9 heavy (non-hydrogen) atoms. The van der Waals surface area contributed by atoms with Gasteiger partial charge in [0.05, 0.1) is 6.21 Å². The van der Waals surface area contributed by atoms with Gasteiger partial charge >= 0.3 is 0 Å². The van der Waals surface area contributed by atoms with E-state index < -0.39 is 0 Å². The van der Waals surface area contributed by atoms with Crippen molar-refractivity contribution in [1.82, 2.24) is 0 Å². The van der Waals surface area contributed by atoms with E-state index in [0.29, 0.717) is 6.29 Å². The normalized spacial score (nSPS) is 7.11. The summed E-state index contributed by atoms with van der Waals surface area (Å²) in [6.45, 7) is 6.35. The molecule has 0 heterocycles. The maximum absolute atomic E-state index is 9.06. The Morgan fingerprint density at radius 2 is 1.78 bits per heavy atom. The minimum absolute atomic E-state index is 0.639. The molecule has 0 atom stereocenters. The molecule has 0 bridgehead atoms. The second-order valence-corrected chi connectivity index (χ2v) is 0.872. The van der Waals surface area contributed by atoms with Crippen LogP contribution in [0.1, 0.15) is 0 Å². The van der Waals surface area contributed by atoms with E-state index in [9.17, 15) is 0 Å². The largest absolute Gasteiger partial charge is 0.411 e. The van der Waals surface area contributed by atoms with Crippen LogP contribution in [-0.4, -0.2) is 17.7 Å². The Balaban J connectivity index is 0. The molecule has 0 aromatic carbocycles. The number of oxime groups is 1. The van der Waals surface area contributed by atoms with Crippen molar-refractivity contribution in [1.29, 1.82) is 0 Å². The number of hydrogen-bond donors (Lipinski definition) is 1. The molecule has 1 N–H and O–H groups in total. The summed E-state index contributed by atoms with van der Waals surface area (Å²) in [6.07, 6.45) is 4.42. The fourth-order valence-corrected chi connectivity index (χ4v) is 0.0471. The number of nitrogens with zero attached hydrogens (tertiary/aromatic N) is 1. The third-order valence-corrected chi connectivity index (χ3v) is 0.268. The summed E-state index contributed by atoms with van der Waals surface area (Å²) in [4.78, 5) is 9.06. The van der Waals surface area contributed by atoms with Gasteiger partial charge < -0.3 is 5.21 Å². The zero-order valence-corrected chi connectivity index (χ0v) is 5.03. The molecular weight excluding hydrogens is 118 g/mol. The number of carbonyl (C=O) groups excluding carboxylic acids is 1. The first-order valence-corrected chi connectivity index (χ1v) is 2.18. The maximum atomic E-state index is 9.06. The van der Waals surface area contributed by atoms with Crippen molar-refractivity contribution in [3.63, 3.8) is 0 Å². The van der Waals surface area contributed by atoms with Crippen LogP contribution in [0, 0.1) is 0 Å². The average Bonchev–Trinajstić information content (AvgIpc) is 1.91. The van der Waals surface area contributed by atoms with Gasteiger partial charge in [-0.15, -0.1) is 0 Å². The second-order valence-electron chi connectivity index (χ2n) is 0.872. The highest BCUT2D eigenvalue weighted by Gasteiger charge is 1.44. The van der Waals surface area contributed by atoms with Crippen LogP contribution in [0.4, 0.5) is 0 Å². The Labute approximate surface area is 54.0 Å². The summed E-state index contributed by atoms with van der Waals surface area (Å²) in [6, 6.07) is 0. The van der Waals surface area contributed by atoms with Crippen LogP contribution >= 0.6 is 0 Å². The van der Waals surface area contributed by atoms with E-state index in [1.165, 1.54) is 18.4 Å². The van der Waals surface area contributed by atoms with E-state index >= 15 is 0 Å². The van der Waals surface area contributed by atoms with Gasteiger partial charge in [-0.2, -0.15) is 0 Å². The third kappa shape index (κ3) is 53.8. The van der Waals surface area contributed by atoms with Gasteiger partial charge in [0, 0.05) is 0 Å². The van der Waals surface area contributed by atoms with Crippen molar-refractivity contribution in [3.8, 4) is 0 Å². The molecule has 50 valence electrons. The van der Waals surface area contributed by atoms with Crippen molar-refractivity contribution in [2.75, 3.05) is 0 Å². The Kier molecular flexibility index (Phi) is 18.7. The molecule has 0 aliphatic carbocycles. The zero-order valence-electron chi connectivity index (χ0n) is 5.03. The molecule has 3 nitrogen and oxygen atoms in total. The number of rotatable bonds is 2. The van der Waals surface area contributed by atoms with Crippen LogP contribution in [-0.2, 0) is 4.79 Å². The van der Waals surface area contributed by atoms with Gasteiger partial charge in [-0.1, -0.05) is 18.3 Å². The number of hydrogen-bond acceptors (Lipinski definition) is 3. The van der Waals surface area contributed by atoms with Gasteiger partial charge in [0.1, 0.15) is 6.29 Å². The molecule has 0 fully saturated rings. The third-order valence-electron chi connectivity index (χ3n) is 0.268. The smallest absolute Gasteiger partial charge is 0.142 e. The van der Waals surface area contributed by atoms with Crippen molar-refractivity contribution in [2.45, 2.75) is 0 Å². The lowest BCUT2D eigenvalue weighted by atomic mass is 10.7. The molecule has 0 unspecified atom stereocenters. The van der Waals surface area contributed by atoms with E-state index in [0.717, 1.165) is 0 Å². The Morgan fingerprint density at radius 1 is 1.33 bits per heavy atom. The van der Waals surface area contributed by atoms with Gasteiger partial charge in [-0.25, -0.2) is 0 Å². The molecule has 3 heteroatoms. The summed E-state index contributed by atoms with van der Waals surface area (Å²) >= 11 is 0. The Hall–Kier alpha value is -1.38. The van der Waals surface area contributed by atoms with Gasteiger partial charge in [-0.3, -0.25) is 4.79 Å². The molecule has 0 spiro atoms. The summed E-state index contributed by atoms with van der Waals surface area (Å²) in [5.74, 6) is 0. The molecule has 0 rings (SSSR count). The predicted octanol–water partition coefficient (Wildman–Crippen LogP) is 1.00. The summed E-state index contributed by atoms with van der Waals surface area (Å²) in [5.41, 5.74) is 0. The maximum Gasteiger partial charge on any atom is 0.142 e. The summed E-state index contributed by atoms with van der Waals surface area (Å²) in [5, 5.41) is 10.2. The van der Waals surface area contributed by atoms with Gasteiger partial charge in [-0.05, 0) is 12.2 Å². The van der Waals surface area contributed by atoms with Crippen LogP contribution < -0.4 is 0 Å². The minimum Gasteiger partial charge on any atom is -0.411 e. The highest BCUT2D eigenvalue weighted by atomic mass is 16.4. The summed E-state index contributed by atoms with van der Waals surface area (Å²) < 4.78 is 0. The standard InChI is InChI=1S/C3H5NO.C3H4O/c1-2-3-4-5;1-2-3-4/h2-3,5H,1H2;2-3H,1H2. The molecule has 0 aliphatic heterocycles. The molecule has 0 aromatic rings. The zero-order chi connectivity index (χ0) is 7.54. The Morgan fingerprint density at radius 3 is 1.78 bits per heavy atom. The molecule has 0 saturated heterocycles. The minimum atomic E-state index is 0.639. The van der Waals surface area contributed by atoms with E-state index in [1.807, 2.05) is 0 Å².